The van der Waals surface area contributed by atoms with Gasteiger partial charge in [-0.15, -0.1) is 0 Å². The second-order valence-electron chi connectivity index (χ2n) is 11.0. The molecule has 2 aliphatic rings. The number of benzene rings is 2. The number of hydrogen-bond donors (Lipinski definition) is 2. The fraction of sp³-hybridized carbons (Fsp3) is 0.515. The van der Waals surface area contributed by atoms with Crippen molar-refractivity contribution in [1.29, 1.82) is 0 Å². The SMILES string of the molecule is CC(=O)[O-].CC(=O)[O-].CCCCc1ccc(O)c(C=NC2CC3CCC2(N=Cc2cc(CCCC)ccc2O)C3)c1.[Co+2]. The number of carbonyl (C=O) groups is 2. The van der Waals surface area contributed by atoms with E-state index < -0.39 is 11.9 Å². The quantitative estimate of drug-likeness (QED) is 0.381. The number of phenols is 2. The van der Waals surface area contributed by atoms with Crippen LogP contribution in [0, 0.1) is 5.92 Å². The number of aliphatic carboxylic acids is 2. The largest absolute Gasteiger partial charge is 2.00 e. The van der Waals surface area contributed by atoms with E-state index >= 15 is 0 Å². The number of aryl methyl sites for hydroxylation is 2. The molecule has 2 aromatic rings. The van der Waals surface area contributed by atoms with E-state index in [0.717, 1.165) is 82.8 Å². The number of carboxylic acid groups (broad SMARTS) is 2. The van der Waals surface area contributed by atoms with Crippen molar-refractivity contribution in [3.05, 3.63) is 58.7 Å². The summed E-state index contributed by atoms with van der Waals surface area (Å²) in [4.78, 5) is 27.8. The number of aliphatic imine (C=N–C) groups is 2. The van der Waals surface area contributed by atoms with Crippen molar-refractivity contribution >= 4 is 24.4 Å². The summed E-state index contributed by atoms with van der Waals surface area (Å²) in [7, 11) is 0. The fourth-order valence-corrected chi connectivity index (χ4v) is 5.46. The Morgan fingerprint density at radius 1 is 0.905 bits per heavy atom. The molecule has 2 saturated carbocycles. The van der Waals surface area contributed by atoms with Crippen LogP contribution >= 0.6 is 0 Å². The van der Waals surface area contributed by atoms with Crippen molar-refractivity contribution in [3.63, 3.8) is 0 Å². The van der Waals surface area contributed by atoms with E-state index in [1.165, 1.54) is 17.5 Å². The summed E-state index contributed by atoms with van der Waals surface area (Å²) in [5.74, 6) is -0.927. The number of nitrogens with zero attached hydrogens (tertiary/aromatic N) is 2. The van der Waals surface area contributed by atoms with E-state index in [0.29, 0.717) is 5.92 Å². The van der Waals surface area contributed by atoms with E-state index in [1.54, 1.807) is 12.1 Å². The van der Waals surface area contributed by atoms with Crippen LogP contribution in [0.5, 0.6) is 11.5 Å². The molecule has 231 valence electrons. The summed E-state index contributed by atoms with van der Waals surface area (Å²) >= 11 is 0. The molecular formula is C33H44CoN2O6. The van der Waals surface area contributed by atoms with Crippen molar-refractivity contribution in [2.45, 2.75) is 103 Å². The van der Waals surface area contributed by atoms with Crippen molar-refractivity contribution < 1.29 is 46.8 Å². The molecule has 9 heteroatoms. The monoisotopic (exact) mass is 623 g/mol. The minimum atomic E-state index is -1.08. The molecule has 0 amide bonds. The zero-order valence-corrected chi connectivity index (χ0v) is 26.1. The molecule has 3 unspecified atom stereocenters. The standard InChI is InChI=1S/C29H38N2O2.2C2H4O2.Co/c1-3-5-7-21-9-11-26(32)24(15-21)19-30-28-17-23-13-14-29(28,18-23)31-20-25-16-22(8-6-4-2)10-12-27(25)33;2*1-2(3)4;/h9-12,15-16,19-20,23,28,32-33H,3-8,13-14,17-18H2,1-2H3;2*1H3,(H,3,4);/q;;;+2/p-2. The maximum atomic E-state index is 10.4. The number of hydrogen-bond acceptors (Lipinski definition) is 8. The molecule has 2 aliphatic carbocycles. The van der Waals surface area contributed by atoms with Gasteiger partial charge in [0.25, 0.3) is 0 Å². The van der Waals surface area contributed by atoms with Gasteiger partial charge in [-0.3, -0.25) is 9.98 Å². The predicted molar refractivity (Wildman–Crippen MR) is 158 cm³/mol. The summed E-state index contributed by atoms with van der Waals surface area (Å²) in [6, 6.07) is 11.9. The Hall–Kier alpha value is -3.17. The second kappa shape index (κ2) is 18.4. The van der Waals surface area contributed by atoms with Crippen LogP contribution in [0.3, 0.4) is 0 Å². The third kappa shape index (κ3) is 12.0. The summed E-state index contributed by atoms with van der Waals surface area (Å²) in [5, 5.41) is 38.5. The predicted octanol–water partition coefficient (Wildman–Crippen LogP) is 4.14. The van der Waals surface area contributed by atoms with Crippen LogP contribution < -0.4 is 10.2 Å². The van der Waals surface area contributed by atoms with E-state index in [4.69, 9.17) is 29.8 Å². The maximum absolute atomic E-state index is 10.4. The van der Waals surface area contributed by atoms with Crippen LogP contribution in [0.1, 0.15) is 101 Å². The van der Waals surface area contributed by atoms with Crippen molar-refractivity contribution in [1.82, 2.24) is 0 Å². The Labute approximate surface area is 260 Å². The zero-order valence-electron chi connectivity index (χ0n) is 25.1. The molecule has 0 saturated heterocycles. The number of carboxylic acids is 2. The topological polar surface area (TPSA) is 145 Å². The summed E-state index contributed by atoms with van der Waals surface area (Å²) in [6.45, 7) is 6.33. The average molecular weight is 624 g/mol. The number of phenolic OH excluding ortho intramolecular Hbond substituents is 2. The summed E-state index contributed by atoms with van der Waals surface area (Å²) < 4.78 is 0. The van der Waals surface area contributed by atoms with E-state index in [-0.39, 0.29) is 39.9 Å². The number of carbonyl (C=O) groups excluding carboxylic acids is 2. The molecular weight excluding hydrogens is 579 g/mol. The van der Waals surface area contributed by atoms with Gasteiger partial charge in [-0.05, 0) is 107 Å². The Morgan fingerprint density at radius 3 is 1.83 bits per heavy atom. The summed E-state index contributed by atoms with van der Waals surface area (Å²) in [5.41, 5.74) is 3.90. The maximum Gasteiger partial charge on any atom is 2.00 e. The van der Waals surface area contributed by atoms with Crippen LogP contribution in [-0.4, -0.2) is 46.2 Å². The first-order valence-corrected chi connectivity index (χ1v) is 14.6. The second-order valence-corrected chi connectivity index (χ2v) is 11.0. The molecule has 3 atom stereocenters. The summed E-state index contributed by atoms with van der Waals surface area (Å²) in [6.07, 6.45) is 14.7. The molecule has 0 spiro atoms. The molecule has 2 bridgehead atoms. The Bertz CT molecular complexity index is 1200. The van der Waals surface area contributed by atoms with E-state index in [1.807, 2.05) is 24.6 Å². The van der Waals surface area contributed by atoms with Crippen LogP contribution in [0.15, 0.2) is 46.4 Å². The minimum Gasteiger partial charge on any atom is -0.550 e. The molecule has 1 radical (unpaired) electrons. The van der Waals surface area contributed by atoms with Gasteiger partial charge in [0, 0.05) is 35.5 Å². The molecule has 2 aromatic carbocycles. The number of fused-ring (bicyclic) bond motifs is 2. The Balaban J connectivity index is 0.000000873. The normalized spacial score (nSPS) is 20.4. The van der Waals surface area contributed by atoms with Crippen LogP contribution in [0.4, 0.5) is 0 Å². The smallest absolute Gasteiger partial charge is 0.550 e. The van der Waals surface area contributed by atoms with Gasteiger partial charge in [-0.2, -0.15) is 0 Å². The van der Waals surface area contributed by atoms with Gasteiger partial charge in [-0.1, -0.05) is 38.8 Å². The first-order valence-electron chi connectivity index (χ1n) is 14.6. The molecule has 4 rings (SSSR count). The van der Waals surface area contributed by atoms with Gasteiger partial charge in [0.15, 0.2) is 0 Å². The minimum absolute atomic E-state index is 0. The third-order valence-electron chi connectivity index (χ3n) is 7.48. The van der Waals surface area contributed by atoms with Crippen LogP contribution in [-0.2, 0) is 39.2 Å². The molecule has 2 N–H and O–H groups in total. The van der Waals surface area contributed by atoms with Crippen molar-refractivity contribution in [2.24, 2.45) is 15.9 Å². The molecule has 8 nitrogen and oxygen atoms in total. The zero-order chi connectivity index (χ0) is 30.4. The third-order valence-corrected chi connectivity index (χ3v) is 7.48. The van der Waals surface area contributed by atoms with Gasteiger partial charge in [0.1, 0.15) is 11.5 Å². The van der Waals surface area contributed by atoms with E-state index in [2.05, 4.69) is 26.0 Å². The van der Waals surface area contributed by atoms with Crippen LogP contribution in [0.2, 0.25) is 0 Å². The van der Waals surface area contributed by atoms with Gasteiger partial charge in [0.05, 0.1) is 11.6 Å². The molecule has 0 heterocycles. The van der Waals surface area contributed by atoms with E-state index in [9.17, 15) is 10.2 Å². The number of rotatable bonds is 10. The molecule has 0 aromatic heterocycles. The first-order chi connectivity index (χ1) is 19.5. The number of unbranched alkanes of at least 4 members (excludes halogenated alkanes) is 2. The molecule has 42 heavy (non-hydrogen) atoms. The van der Waals surface area contributed by atoms with Gasteiger partial charge < -0.3 is 30.0 Å². The van der Waals surface area contributed by atoms with Crippen LogP contribution in [0.25, 0.3) is 0 Å². The average Bonchev–Trinajstić information content (AvgIpc) is 3.48. The van der Waals surface area contributed by atoms with Crippen molar-refractivity contribution in [2.75, 3.05) is 0 Å². The van der Waals surface area contributed by atoms with Gasteiger partial charge >= 0.3 is 16.8 Å². The molecule has 0 aliphatic heterocycles. The van der Waals surface area contributed by atoms with Crippen molar-refractivity contribution in [3.8, 4) is 11.5 Å². The fourth-order valence-electron chi connectivity index (χ4n) is 5.46. The first kappa shape index (κ1) is 36.9. The number of aromatic hydroxyl groups is 2. The van der Waals surface area contributed by atoms with Gasteiger partial charge in [0.2, 0.25) is 0 Å². The Kier molecular flexibility index (Phi) is 16.1. The van der Waals surface area contributed by atoms with Gasteiger partial charge in [-0.25, -0.2) is 0 Å². The molecule has 2 fully saturated rings. The Morgan fingerprint density at radius 2 is 1.38 bits per heavy atom.